The Hall–Kier alpha value is -1.04. The summed E-state index contributed by atoms with van der Waals surface area (Å²) in [5.41, 5.74) is 0. The van der Waals surface area contributed by atoms with Gasteiger partial charge in [-0.3, -0.25) is 0 Å². The zero-order valence-electron chi connectivity index (χ0n) is 8.80. The highest BCUT2D eigenvalue weighted by atomic mass is 32.2. The molecular weight excluding hydrogens is 241 g/mol. The Balaban J connectivity index is 3.36. The lowest BCUT2D eigenvalue weighted by molar-refractivity contribution is 0.442. The van der Waals surface area contributed by atoms with Crippen molar-refractivity contribution in [3.8, 4) is 0 Å². The first-order valence-electron chi connectivity index (χ1n) is 4.69. The summed E-state index contributed by atoms with van der Waals surface area (Å²) in [5.74, 6) is -4.66. The predicted octanol–water partition coefficient (Wildman–Crippen LogP) is 2.68. The molecule has 0 fully saturated rings. The van der Waals surface area contributed by atoms with E-state index >= 15 is 0 Å². The van der Waals surface area contributed by atoms with Gasteiger partial charge >= 0.3 is 0 Å². The van der Waals surface area contributed by atoms with Gasteiger partial charge in [-0.05, 0) is 25.5 Å². The van der Waals surface area contributed by atoms with Crippen molar-refractivity contribution in [1.29, 1.82) is 0 Å². The van der Waals surface area contributed by atoms with Gasteiger partial charge in [0.1, 0.15) is 0 Å². The van der Waals surface area contributed by atoms with Crippen LogP contribution in [0.3, 0.4) is 0 Å². The molecule has 0 aliphatic rings. The fraction of sp³-hybridized carbons (Fsp3) is 0.400. The van der Waals surface area contributed by atoms with Gasteiger partial charge in [-0.15, -0.1) is 0 Å². The van der Waals surface area contributed by atoms with E-state index in [0.29, 0.717) is 18.6 Å². The maximum absolute atomic E-state index is 12.9. The van der Waals surface area contributed by atoms with Gasteiger partial charge in [-0.2, -0.15) is 0 Å². The Kier molecular flexibility index (Phi) is 3.62. The van der Waals surface area contributed by atoms with E-state index in [0.717, 1.165) is 0 Å². The number of sulfone groups is 1. The summed E-state index contributed by atoms with van der Waals surface area (Å²) in [6.45, 7) is 3.06. The molecular formula is C10H11F3O2S. The highest BCUT2D eigenvalue weighted by Gasteiger charge is 2.24. The fourth-order valence-corrected chi connectivity index (χ4v) is 2.59. The van der Waals surface area contributed by atoms with Crippen LogP contribution in [-0.2, 0) is 9.84 Å². The van der Waals surface area contributed by atoms with Crippen molar-refractivity contribution in [2.24, 2.45) is 0 Å². The van der Waals surface area contributed by atoms with Gasteiger partial charge in [0.25, 0.3) is 0 Å². The zero-order valence-corrected chi connectivity index (χ0v) is 9.61. The second-order valence-electron chi connectivity index (χ2n) is 3.46. The van der Waals surface area contributed by atoms with Crippen LogP contribution in [0.1, 0.15) is 20.3 Å². The van der Waals surface area contributed by atoms with Gasteiger partial charge in [0, 0.05) is 0 Å². The zero-order chi connectivity index (χ0) is 12.5. The van der Waals surface area contributed by atoms with E-state index in [-0.39, 0.29) is 0 Å². The van der Waals surface area contributed by atoms with E-state index in [9.17, 15) is 21.6 Å². The van der Waals surface area contributed by atoms with Gasteiger partial charge in [-0.25, -0.2) is 21.6 Å². The molecule has 0 amide bonds. The second-order valence-corrected chi connectivity index (χ2v) is 5.83. The minimum atomic E-state index is -3.80. The summed E-state index contributed by atoms with van der Waals surface area (Å²) < 4.78 is 61.8. The summed E-state index contributed by atoms with van der Waals surface area (Å²) in [4.78, 5) is -0.529. The lowest BCUT2D eigenvalue weighted by Gasteiger charge is -2.10. The minimum Gasteiger partial charge on any atom is -0.223 e. The molecule has 0 N–H and O–H groups in total. The Bertz CT molecular complexity index is 474. The summed E-state index contributed by atoms with van der Waals surface area (Å²) in [5, 5.41) is -0.767. The van der Waals surface area contributed by atoms with Gasteiger partial charge in [0.15, 0.2) is 27.3 Å². The molecule has 0 radical (unpaired) electrons. The number of rotatable bonds is 3. The molecule has 0 saturated heterocycles. The average molecular weight is 252 g/mol. The molecule has 0 aromatic heterocycles. The van der Waals surface area contributed by atoms with Crippen LogP contribution >= 0.6 is 0 Å². The Morgan fingerprint density at radius 3 is 2.00 bits per heavy atom. The maximum Gasteiger partial charge on any atom is 0.194 e. The fourth-order valence-electron chi connectivity index (χ4n) is 1.15. The van der Waals surface area contributed by atoms with E-state index in [1.54, 1.807) is 6.92 Å². The molecule has 90 valence electrons. The van der Waals surface area contributed by atoms with Gasteiger partial charge in [-0.1, -0.05) is 6.92 Å². The molecule has 0 aliphatic carbocycles. The minimum absolute atomic E-state index is 0.308. The van der Waals surface area contributed by atoms with E-state index in [2.05, 4.69) is 0 Å². The monoisotopic (exact) mass is 252 g/mol. The summed E-state index contributed by atoms with van der Waals surface area (Å²) in [7, 11) is -3.80. The molecule has 0 heterocycles. The molecule has 1 atom stereocenters. The normalized spacial score (nSPS) is 13.8. The molecule has 0 aliphatic heterocycles. The Labute approximate surface area is 92.0 Å². The highest BCUT2D eigenvalue weighted by Crippen LogP contribution is 2.22. The Morgan fingerprint density at radius 2 is 1.62 bits per heavy atom. The first kappa shape index (κ1) is 13.0. The summed E-state index contributed by atoms with van der Waals surface area (Å²) in [6, 6.07) is 1.000. The van der Waals surface area contributed by atoms with Crippen molar-refractivity contribution >= 4 is 9.84 Å². The lowest BCUT2D eigenvalue weighted by Crippen LogP contribution is -2.17. The Morgan fingerprint density at radius 1 is 1.19 bits per heavy atom. The molecule has 0 spiro atoms. The average Bonchev–Trinajstić information content (AvgIpc) is 2.23. The first-order valence-corrected chi connectivity index (χ1v) is 6.23. The molecule has 0 saturated carbocycles. The number of halogens is 3. The highest BCUT2D eigenvalue weighted by molar-refractivity contribution is 7.92. The standard InChI is InChI=1S/C10H11F3O2S/c1-3-6(2)16(14,15)7-4-8(11)10(13)9(12)5-7/h4-6H,3H2,1-2H3. The first-order chi connectivity index (χ1) is 7.30. The topological polar surface area (TPSA) is 34.1 Å². The number of hydrogen-bond acceptors (Lipinski definition) is 2. The van der Waals surface area contributed by atoms with E-state index in [4.69, 9.17) is 0 Å². The van der Waals surface area contributed by atoms with Crippen LogP contribution < -0.4 is 0 Å². The van der Waals surface area contributed by atoms with E-state index < -0.39 is 37.4 Å². The summed E-state index contributed by atoms with van der Waals surface area (Å²) in [6.07, 6.45) is 0.308. The van der Waals surface area contributed by atoms with Crippen molar-refractivity contribution in [2.75, 3.05) is 0 Å². The molecule has 0 bridgehead atoms. The van der Waals surface area contributed by atoms with Crippen LogP contribution in [0.5, 0.6) is 0 Å². The third-order valence-corrected chi connectivity index (χ3v) is 4.68. The quantitative estimate of drug-likeness (QED) is 0.612. The van der Waals surface area contributed by atoms with E-state index in [1.807, 2.05) is 0 Å². The van der Waals surface area contributed by atoms with Gasteiger partial charge < -0.3 is 0 Å². The van der Waals surface area contributed by atoms with Crippen molar-refractivity contribution in [1.82, 2.24) is 0 Å². The smallest absolute Gasteiger partial charge is 0.194 e. The molecule has 1 rings (SSSR count). The van der Waals surface area contributed by atoms with Crippen molar-refractivity contribution in [3.63, 3.8) is 0 Å². The lowest BCUT2D eigenvalue weighted by atomic mass is 10.3. The van der Waals surface area contributed by atoms with Crippen molar-refractivity contribution in [2.45, 2.75) is 30.4 Å². The molecule has 1 unspecified atom stereocenters. The van der Waals surface area contributed by atoms with Crippen LogP contribution in [0.2, 0.25) is 0 Å². The third kappa shape index (κ3) is 2.21. The largest absolute Gasteiger partial charge is 0.223 e. The molecule has 16 heavy (non-hydrogen) atoms. The number of hydrogen-bond donors (Lipinski definition) is 0. The molecule has 1 aromatic carbocycles. The van der Waals surface area contributed by atoms with Gasteiger partial charge in [0.2, 0.25) is 0 Å². The number of benzene rings is 1. The van der Waals surface area contributed by atoms with Gasteiger partial charge in [0.05, 0.1) is 10.1 Å². The third-order valence-electron chi connectivity index (χ3n) is 2.39. The molecule has 1 aromatic rings. The second kappa shape index (κ2) is 4.45. The maximum atomic E-state index is 12.9. The van der Waals surface area contributed by atoms with Crippen LogP contribution in [0, 0.1) is 17.5 Å². The van der Waals surface area contributed by atoms with Crippen LogP contribution in [-0.4, -0.2) is 13.7 Å². The van der Waals surface area contributed by atoms with Crippen molar-refractivity contribution in [3.05, 3.63) is 29.6 Å². The predicted molar refractivity (Wildman–Crippen MR) is 53.3 cm³/mol. The summed E-state index contributed by atoms with van der Waals surface area (Å²) >= 11 is 0. The molecule has 2 nitrogen and oxygen atoms in total. The molecule has 6 heteroatoms. The van der Waals surface area contributed by atoms with Crippen LogP contribution in [0.15, 0.2) is 17.0 Å². The van der Waals surface area contributed by atoms with Crippen LogP contribution in [0.4, 0.5) is 13.2 Å². The van der Waals surface area contributed by atoms with Crippen LogP contribution in [0.25, 0.3) is 0 Å². The SMILES string of the molecule is CCC(C)S(=O)(=O)c1cc(F)c(F)c(F)c1. The van der Waals surface area contributed by atoms with Crippen molar-refractivity contribution < 1.29 is 21.6 Å². The van der Waals surface area contributed by atoms with E-state index in [1.165, 1.54) is 6.92 Å².